The maximum absolute atomic E-state index is 8.71. The Labute approximate surface area is 507 Å². The number of hydrogen-bond donors (Lipinski definition) is 0. The third-order valence-electron chi connectivity index (χ3n) is 15.4. The summed E-state index contributed by atoms with van der Waals surface area (Å²) in [4.78, 5) is 4.77. The molecule has 3 aromatic heterocycles. The fraction of sp³-hybridized carbons (Fsp3) is 0.280. The summed E-state index contributed by atoms with van der Waals surface area (Å²) >= 11 is 0. The Morgan fingerprint density at radius 3 is 1.77 bits per heavy atom. The average molecular weight is 1250 g/mol. The molecule has 11 aromatic rings. The number of hydrogen-bond acceptors (Lipinski definition) is 2. The van der Waals surface area contributed by atoms with Gasteiger partial charge in [0.25, 0.3) is 6.33 Å². The number of pyridine rings is 1. The van der Waals surface area contributed by atoms with Crippen molar-refractivity contribution < 1.29 is 41.3 Å². The molecule has 0 radical (unpaired) electrons. The van der Waals surface area contributed by atoms with E-state index in [2.05, 4.69) is 204 Å². The summed E-state index contributed by atoms with van der Waals surface area (Å²) in [5, 5.41) is 1.66. The first-order valence-electron chi connectivity index (χ1n) is 31.7. The van der Waals surface area contributed by atoms with E-state index in [4.69, 9.17) is 20.7 Å². The largest absolute Gasteiger partial charge is 0.510 e. The number of para-hydroxylation sites is 2. The van der Waals surface area contributed by atoms with Crippen molar-refractivity contribution in [2.45, 2.75) is 138 Å². The van der Waals surface area contributed by atoms with Crippen LogP contribution >= 0.6 is 0 Å². The van der Waals surface area contributed by atoms with Crippen molar-refractivity contribution in [2.24, 2.45) is 0 Å². The number of aryl methyl sites for hydroxylation is 1. The van der Waals surface area contributed by atoms with Gasteiger partial charge in [-0.25, -0.2) is 4.98 Å². The fourth-order valence-corrected chi connectivity index (χ4v) is 10.6. The van der Waals surface area contributed by atoms with Gasteiger partial charge in [0, 0.05) is 54.0 Å². The molecule has 3 heterocycles. The van der Waals surface area contributed by atoms with E-state index in [9.17, 15) is 0 Å². The molecule has 0 N–H and O–H groups in total. The van der Waals surface area contributed by atoms with Crippen LogP contribution in [0.25, 0.3) is 83.4 Å². The molecular formula is C75H76N4OPt-2. The first kappa shape index (κ1) is 47.3. The van der Waals surface area contributed by atoms with Crippen molar-refractivity contribution in [3.05, 3.63) is 222 Å². The van der Waals surface area contributed by atoms with Crippen LogP contribution in [0.3, 0.4) is 0 Å². The van der Waals surface area contributed by atoms with Crippen LogP contribution in [0.4, 0.5) is 0 Å². The van der Waals surface area contributed by atoms with E-state index in [1.54, 1.807) is 0 Å². The Bertz CT molecular complexity index is 4520. The molecule has 0 saturated heterocycles. The Balaban J connectivity index is 0.00000873. The van der Waals surface area contributed by atoms with E-state index < -0.39 is 37.1 Å². The van der Waals surface area contributed by atoms with Crippen LogP contribution in [0, 0.1) is 25.3 Å². The second-order valence-corrected chi connectivity index (χ2v) is 26.6. The second-order valence-electron chi connectivity index (χ2n) is 26.6. The summed E-state index contributed by atoms with van der Waals surface area (Å²) < 4.78 is 81.3. The monoisotopic (exact) mass is 1250 g/mol. The van der Waals surface area contributed by atoms with E-state index in [-0.39, 0.29) is 70.6 Å². The predicted molar refractivity (Wildman–Crippen MR) is 335 cm³/mol. The number of rotatable bonds is 8. The topological polar surface area (TPSA) is 35.9 Å². The third kappa shape index (κ3) is 11.1. The van der Waals surface area contributed by atoms with Gasteiger partial charge in [0.1, 0.15) is 5.82 Å². The van der Waals surface area contributed by atoms with E-state index >= 15 is 0 Å². The van der Waals surface area contributed by atoms with Crippen molar-refractivity contribution in [3.63, 3.8) is 0 Å². The fourth-order valence-electron chi connectivity index (χ4n) is 10.6. The molecule has 0 bridgehead atoms. The summed E-state index contributed by atoms with van der Waals surface area (Å²) in [7, 11) is 0. The molecule has 0 aliphatic rings. The summed E-state index contributed by atoms with van der Waals surface area (Å²) in [5.74, 6) is 1.00. The van der Waals surface area contributed by atoms with Gasteiger partial charge in [-0.3, -0.25) is 4.57 Å². The Morgan fingerprint density at radius 1 is 0.519 bits per heavy atom. The number of aromatic nitrogens is 4. The molecule has 8 aromatic carbocycles. The second kappa shape index (κ2) is 20.9. The summed E-state index contributed by atoms with van der Waals surface area (Å²) in [6.07, 6.45) is 5.21. The van der Waals surface area contributed by atoms with Gasteiger partial charge in [-0.05, 0) is 124 Å². The molecule has 5 nitrogen and oxygen atoms in total. The maximum atomic E-state index is 8.71. The van der Waals surface area contributed by atoms with Gasteiger partial charge >= 0.3 is 0 Å². The first-order chi connectivity index (χ1) is 41.0. The molecule has 11 rings (SSSR count). The van der Waals surface area contributed by atoms with Crippen molar-refractivity contribution in [1.82, 2.24) is 14.1 Å². The Morgan fingerprint density at radius 2 is 1.14 bits per heavy atom. The number of ether oxygens (including phenoxy) is 1. The molecular weight excluding hydrogens is 1170 g/mol. The van der Waals surface area contributed by atoms with Crippen LogP contribution < -0.4 is 9.30 Å². The smallest absolute Gasteiger partial charge is 0.268 e. The van der Waals surface area contributed by atoms with Crippen LogP contribution in [0.15, 0.2) is 170 Å². The Kier molecular flexibility index (Phi) is 12.2. The predicted octanol–water partition coefficient (Wildman–Crippen LogP) is 19.4. The zero-order valence-electron chi connectivity index (χ0n) is 57.3. The van der Waals surface area contributed by atoms with E-state index in [1.165, 1.54) is 40.1 Å². The zero-order chi connectivity index (χ0) is 63.7. The van der Waals surface area contributed by atoms with E-state index in [1.807, 2.05) is 59.2 Å². The van der Waals surface area contributed by atoms with Crippen LogP contribution in [0.5, 0.6) is 11.5 Å². The minimum atomic E-state index is -2.77. The standard InChI is InChI=1S/C75H76N4O.Pt/c1-48-36-69(76-46-63(48)49-24-18-17-19-25-49)79-65-31-21-20-28-61(65)62-34-33-59(45-67(62)79)80-58-27-22-26-57(44-58)77-47-78(66-35-32-50(41-68(66)77)51-37-53(71(2,3)4)42-54(38-51)72(5,6)7)70-60(29-23-30-64(70)75(14,15)16)52-39-55(73(8,9)10)43-56(40-52)74(11,12)13;/h17-43,46H,1-16H3;/q-2;/i1D3,17D,18D,19D,24D,25D;. The van der Waals surface area contributed by atoms with Gasteiger partial charge in [0.05, 0.1) is 23.6 Å². The molecule has 0 saturated carbocycles. The molecule has 0 amide bonds. The van der Waals surface area contributed by atoms with E-state index in [0.29, 0.717) is 28.2 Å². The van der Waals surface area contributed by atoms with Crippen LogP contribution in [0.1, 0.15) is 148 Å². The van der Waals surface area contributed by atoms with Crippen molar-refractivity contribution >= 4 is 32.8 Å². The first-order valence-corrected chi connectivity index (χ1v) is 27.7. The molecule has 0 fully saturated rings. The number of nitrogens with zero attached hydrogens (tertiary/aromatic N) is 4. The average Bonchev–Trinajstić information content (AvgIpc) is 1.71. The molecule has 414 valence electrons. The molecule has 6 heteroatoms. The van der Waals surface area contributed by atoms with Crippen LogP contribution in [-0.2, 0) is 48.1 Å². The van der Waals surface area contributed by atoms with Gasteiger partial charge in [-0.2, -0.15) is 18.2 Å². The summed E-state index contributed by atoms with van der Waals surface area (Å²) in [5.41, 5.74) is 14.3. The number of fused-ring (bicyclic) bond motifs is 4. The molecule has 0 spiro atoms. The van der Waals surface area contributed by atoms with Gasteiger partial charge in [0.15, 0.2) is 0 Å². The van der Waals surface area contributed by atoms with Crippen molar-refractivity contribution in [2.75, 3.05) is 0 Å². The van der Waals surface area contributed by atoms with Gasteiger partial charge in [0.2, 0.25) is 0 Å². The van der Waals surface area contributed by atoms with Crippen molar-refractivity contribution in [3.8, 4) is 62.1 Å². The molecule has 0 atom stereocenters. The van der Waals surface area contributed by atoms with E-state index in [0.717, 1.165) is 49.7 Å². The minimum absolute atomic E-state index is 0. The summed E-state index contributed by atoms with van der Waals surface area (Å²) in [6, 6.07) is 50.7. The molecule has 81 heavy (non-hydrogen) atoms. The van der Waals surface area contributed by atoms with Gasteiger partial charge in [-0.1, -0.05) is 225 Å². The molecule has 0 aliphatic heterocycles. The van der Waals surface area contributed by atoms with Gasteiger partial charge in [-0.15, -0.1) is 29.7 Å². The maximum Gasteiger partial charge on any atom is 0.268 e. The van der Waals surface area contributed by atoms with Crippen molar-refractivity contribution in [1.29, 1.82) is 0 Å². The number of benzene rings is 8. The molecule has 0 unspecified atom stereocenters. The van der Waals surface area contributed by atoms with Crippen LogP contribution in [0.2, 0.25) is 0 Å². The third-order valence-corrected chi connectivity index (χ3v) is 15.4. The minimum Gasteiger partial charge on any atom is -0.510 e. The SMILES string of the molecule is [2H]c1c([2H])c([2H])c(-c2cnc(-n3c4[c-]c(Oc5[c-]c(-n6[c-][n+](-c7c(-c8cc(C(C)(C)C)cc(C(C)(C)C)c8)cccc7C(C)(C)C)c7ccc(-c8cc(C(C)(C)C)cc(C(C)(C)C)c8)cc76)ccc5)ccc4c4ccccc43)cc2C([2H])([2H])[2H])c([2H])c1[2H].[Pt]. The number of imidazole rings is 1. The summed E-state index contributed by atoms with van der Waals surface area (Å²) in [6.45, 7) is 31.3. The van der Waals surface area contributed by atoms with Crippen LogP contribution in [-0.4, -0.2) is 14.1 Å². The zero-order valence-corrected chi connectivity index (χ0v) is 51.6. The van der Waals surface area contributed by atoms with Gasteiger partial charge < -0.3 is 13.9 Å². The quantitative estimate of drug-likeness (QED) is 0.112. The Hall–Kier alpha value is -7.33. The normalized spacial score (nSPS) is 14.2. The molecule has 0 aliphatic carbocycles.